The normalized spacial score (nSPS) is 11.0. The maximum Gasteiger partial charge on any atom is 0.258 e. The van der Waals surface area contributed by atoms with Gasteiger partial charge in [-0.15, -0.1) is 11.3 Å². The molecule has 0 aliphatic heterocycles. The molecule has 5 aromatic rings. The van der Waals surface area contributed by atoms with E-state index in [0.717, 1.165) is 27.9 Å². The minimum Gasteiger partial charge on any atom is -0.460 e. The van der Waals surface area contributed by atoms with Crippen LogP contribution in [0.2, 0.25) is 0 Å². The van der Waals surface area contributed by atoms with E-state index in [1.807, 2.05) is 79.0 Å². The van der Waals surface area contributed by atoms with E-state index in [-0.39, 0.29) is 5.91 Å². The maximum absolute atomic E-state index is 13.2. The van der Waals surface area contributed by atoms with E-state index in [4.69, 9.17) is 4.42 Å². The summed E-state index contributed by atoms with van der Waals surface area (Å²) < 4.78 is 5.72. The van der Waals surface area contributed by atoms with Gasteiger partial charge in [0.2, 0.25) is 0 Å². The molecule has 0 unspecified atom stereocenters. The van der Waals surface area contributed by atoms with Crippen LogP contribution in [0.15, 0.2) is 82.6 Å². The van der Waals surface area contributed by atoms with Crippen LogP contribution in [-0.2, 0) is 0 Å². The molecule has 1 amide bonds. The van der Waals surface area contributed by atoms with Crippen molar-refractivity contribution in [2.75, 3.05) is 5.32 Å². The van der Waals surface area contributed by atoms with Crippen LogP contribution < -0.4 is 5.32 Å². The van der Waals surface area contributed by atoms with Crippen LogP contribution in [0, 0.1) is 6.92 Å². The Bertz CT molecular complexity index is 1360. The summed E-state index contributed by atoms with van der Waals surface area (Å²) in [5.41, 5.74) is 3.73. The number of pyridine rings is 1. The summed E-state index contributed by atoms with van der Waals surface area (Å²) in [6.07, 6.45) is 0. The highest BCUT2D eigenvalue weighted by Gasteiger charge is 2.17. The van der Waals surface area contributed by atoms with Gasteiger partial charge in [0.1, 0.15) is 11.5 Å². The number of carbonyl (C=O) groups is 1. The van der Waals surface area contributed by atoms with Crippen LogP contribution in [0.5, 0.6) is 0 Å². The predicted molar refractivity (Wildman–Crippen MR) is 120 cm³/mol. The summed E-state index contributed by atoms with van der Waals surface area (Å²) in [5.74, 6) is 1.20. The summed E-state index contributed by atoms with van der Waals surface area (Å²) in [5, 5.41) is 6.20. The van der Waals surface area contributed by atoms with Gasteiger partial charge in [0.15, 0.2) is 10.9 Å². The summed E-state index contributed by atoms with van der Waals surface area (Å²) in [4.78, 5) is 22.4. The van der Waals surface area contributed by atoms with Crippen molar-refractivity contribution in [3.63, 3.8) is 0 Å². The molecule has 5 rings (SSSR count). The van der Waals surface area contributed by atoms with Crippen molar-refractivity contribution in [2.45, 2.75) is 6.92 Å². The second-order valence-corrected chi connectivity index (χ2v) is 7.70. The minimum atomic E-state index is -0.230. The molecule has 0 aliphatic rings. The number of furan rings is 1. The molecule has 3 aromatic heterocycles. The Morgan fingerprint density at radius 1 is 0.933 bits per heavy atom. The highest BCUT2D eigenvalue weighted by molar-refractivity contribution is 7.14. The molecule has 3 heterocycles. The molecule has 6 heteroatoms. The van der Waals surface area contributed by atoms with Crippen molar-refractivity contribution < 1.29 is 9.21 Å². The third-order valence-electron chi connectivity index (χ3n) is 4.75. The molecule has 0 atom stereocenters. The fourth-order valence-electron chi connectivity index (χ4n) is 3.30. The summed E-state index contributed by atoms with van der Waals surface area (Å²) in [6.45, 7) is 1.88. The fraction of sp³-hybridized carbons (Fsp3) is 0.0417. The average Bonchev–Trinajstić information content (AvgIpc) is 3.42. The third-order valence-corrected chi connectivity index (χ3v) is 5.51. The van der Waals surface area contributed by atoms with E-state index in [0.29, 0.717) is 22.1 Å². The maximum atomic E-state index is 13.2. The highest BCUT2D eigenvalue weighted by Crippen LogP contribution is 2.28. The van der Waals surface area contributed by atoms with Gasteiger partial charge in [-0.2, -0.15) is 0 Å². The zero-order valence-corrected chi connectivity index (χ0v) is 16.9. The highest BCUT2D eigenvalue weighted by atomic mass is 32.1. The lowest BCUT2D eigenvalue weighted by molar-refractivity contribution is 0.102. The number of nitrogens with zero attached hydrogens (tertiary/aromatic N) is 2. The quantitative estimate of drug-likeness (QED) is 0.383. The Morgan fingerprint density at radius 3 is 2.53 bits per heavy atom. The number of aryl methyl sites for hydroxylation is 1. The number of thiazole rings is 1. The molecule has 146 valence electrons. The van der Waals surface area contributed by atoms with E-state index in [1.54, 1.807) is 6.07 Å². The molecule has 0 saturated carbocycles. The van der Waals surface area contributed by atoms with Gasteiger partial charge >= 0.3 is 0 Å². The molecule has 0 aliphatic carbocycles. The zero-order chi connectivity index (χ0) is 20.5. The predicted octanol–water partition coefficient (Wildman–Crippen LogP) is 6.18. The average molecular weight is 411 g/mol. The number of nitrogens with one attached hydrogen (secondary N) is 1. The SMILES string of the molecule is Cc1ccc(-c2cc(C(=O)Nc3nc(-c4ccccc4)cs3)c3ccccc3n2)o1. The number of fused-ring (bicyclic) bond motifs is 1. The van der Waals surface area contributed by atoms with Crippen molar-refractivity contribution in [3.8, 4) is 22.7 Å². The molecule has 0 saturated heterocycles. The van der Waals surface area contributed by atoms with Crippen molar-refractivity contribution in [1.82, 2.24) is 9.97 Å². The smallest absolute Gasteiger partial charge is 0.258 e. The van der Waals surface area contributed by atoms with Gasteiger partial charge in [-0.05, 0) is 31.2 Å². The Balaban J connectivity index is 1.51. The number of benzene rings is 2. The van der Waals surface area contributed by atoms with Gasteiger partial charge in [-0.1, -0.05) is 48.5 Å². The van der Waals surface area contributed by atoms with Crippen LogP contribution in [0.3, 0.4) is 0 Å². The lowest BCUT2D eigenvalue weighted by Gasteiger charge is -2.08. The molecular weight excluding hydrogens is 394 g/mol. The van der Waals surface area contributed by atoms with E-state index >= 15 is 0 Å². The second kappa shape index (κ2) is 7.57. The zero-order valence-electron chi connectivity index (χ0n) is 16.1. The van der Waals surface area contributed by atoms with E-state index in [2.05, 4.69) is 15.3 Å². The standard InChI is InChI=1S/C24H17N3O2S/c1-15-11-12-22(29-15)20-13-18(17-9-5-6-10-19(17)25-20)23(28)27-24-26-21(14-30-24)16-7-3-2-4-8-16/h2-14H,1H3,(H,26,27,28). The lowest BCUT2D eigenvalue weighted by atomic mass is 10.1. The van der Waals surface area contributed by atoms with Gasteiger partial charge in [-0.25, -0.2) is 9.97 Å². The minimum absolute atomic E-state index is 0.230. The number of hydrogen-bond acceptors (Lipinski definition) is 5. The van der Waals surface area contributed by atoms with Crippen LogP contribution in [0.4, 0.5) is 5.13 Å². The summed E-state index contributed by atoms with van der Waals surface area (Å²) in [6, 6.07) is 23.0. The number of amides is 1. The summed E-state index contributed by atoms with van der Waals surface area (Å²) in [7, 11) is 0. The largest absolute Gasteiger partial charge is 0.460 e. The Labute approximate surface area is 177 Å². The summed E-state index contributed by atoms with van der Waals surface area (Å²) >= 11 is 1.40. The van der Waals surface area contributed by atoms with Crippen molar-refractivity contribution in [3.05, 3.63) is 89.5 Å². The van der Waals surface area contributed by atoms with Gasteiger partial charge in [0.05, 0.1) is 16.8 Å². The molecule has 1 N–H and O–H groups in total. The Hall–Kier alpha value is -3.77. The van der Waals surface area contributed by atoms with E-state index in [1.165, 1.54) is 11.3 Å². The number of anilines is 1. The monoisotopic (exact) mass is 411 g/mol. The number of para-hydroxylation sites is 1. The van der Waals surface area contributed by atoms with Crippen molar-refractivity contribution >= 4 is 33.3 Å². The molecular formula is C24H17N3O2S. The van der Waals surface area contributed by atoms with Crippen LogP contribution >= 0.6 is 11.3 Å². The Morgan fingerprint density at radius 2 is 1.73 bits per heavy atom. The van der Waals surface area contributed by atoms with E-state index < -0.39 is 0 Å². The van der Waals surface area contributed by atoms with Gasteiger partial charge in [0, 0.05) is 16.3 Å². The third kappa shape index (κ3) is 3.49. The van der Waals surface area contributed by atoms with Crippen LogP contribution in [0.1, 0.15) is 16.1 Å². The first-order valence-electron chi connectivity index (χ1n) is 9.46. The molecule has 0 spiro atoms. The number of carbonyl (C=O) groups excluding carboxylic acids is 1. The molecule has 0 bridgehead atoms. The first-order valence-corrected chi connectivity index (χ1v) is 10.3. The number of hydrogen-bond donors (Lipinski definition) is 1. The first kappa shape index (κ1) is 18.3. The topological polar surface area (TPSA) is 68.0 Å². The lowest BCUT2D eigenvalue weighted by Crippen LogP contribution is -2.13. The number of aromatic nitrogens is 2. The second-order valence-electron chi connectivity index (χ2n) is 6.84. The molecule has 0 radical (unpaired) electrons. The van der Waals surface area contributed by atoms with E-state index in [9.17, 15) is 4.79 Å². The first-order chi connectivity index (χ1) is 14.7. The fourth-order valence-corrected chi connectivity index (χ4v) is 4.01. The molecule has 0 fully saturated rings. The van der Waals surface area contributed by atoms with Crippen molar-refractivity contribution in [1.29, 1.82) is 0 Å². The molecule has 2 aromatic carbocycles. The Kier molecular flexibility index (Phi) is 4.61. The number of rotatable bonds is 4. The van der Waals surface area contributed by atoms with Crippen LogP contribution in [-0.4, -0.2) is 15.9 Å². The molecule has 30 heavy (non-hydrogen) atoms. The van der Waals surface area contributed by atoms with Crippen molar-refractivity contribution in [2.24, 2.45) is 0 Å². The van der Waals surface area contributed by atoms with Gasteiger partial charge < -0.3 is 4.42 Å². The van der Waals surface area contributed by atoms with Gasteiger partial charge in [0.25, 0.3) is 5.91 Å². The van der Waals surface area contributed by atoms with Gasteiger partial charge in [-0.3, -0.25) is 10.1 Å². The van der Waals surface area contributed by atoms with Crippen LogP contribution in [0.25, 0.3) is 33.6 Å². The molecule has 5 nitrogen and oxygen atoms in total.